The van der Waals surface area contributed by atoms with Gasteiger partial charge in [-0.2, -0.15) is 0 Å². The van der Waals surface area contributed by atoms with Crippen molar-refractivity contribution in [2.24, 2.45) is 0 Å². The van der Waals surface area contributed by atoms with Crippen LogP contribution in [0.1, 0.15) is 15.9 Å². The van der Waals surface area contributed by atoms with E-state index in [1.54, 1.807) is 84.9 Å². The van der Waals surface area contributed by atoms with Gasteiger partial charge in [0, 0.05) is 11.1 Å². The van der Waals surface area contributed by atoms with Crippen molar-refractivity contribution < 1.29 is 26.7 Å². The van der Waals surface area contributed by atoms with Crippen molar-refractivity contribution in [1.29, 1.82) is 0 Å². The van der Waals surface area contributed by atoms with Crippen LogP contribution in [0.2, 0.25) is 0 Å². The fourth-order valence-corrected chi connectivity index (χ4v) is 4.32. The Morgan fingerprint density at radius 3 is 1.49 bits per heavy atom. The maximum absolute atomic E-state index is 14.9. The van der Waals surface area contributed by atoms with E-state index in [1.807, 2.05) is 6.07 Å². The molecule has 0 spiro atoms. The van der Waals surface area contributed by atoms with Gasteiger partial charge in [0.25, 0.3) is 0 Å². The molecule has 5 aromatic rings. The first kappa shape index (κ1) is 24.1. The Hall–Kier alpha value is -4.58. The number of hydrogen-bond acceptors (Lipinski definition) is 1. The van der Waals surface area contributed by atoms with Crippen LogP contribution in [-0.4, -0.2) is 5.78 Å². The fraction of sp³-hybridized carbons (Fsp3) is 0. The van der Waals surface area contributed by atoms with Crippen LogP contribution in [0.25, 0.3) is 33.4 Å². The lowest BCUT2D eigenvalue weighted by Crippen LogP contribution is -2.05. The van der Waals surface area contributed by atoms with Crippen molar-refractivity contribution in [3.63, 3.8) is 0 Å². The Morgan fingerprint density at radius 1 is 0.405 bits per heavy atom. The minimum absolute atomic E-state index is 0.152. The molecule has 0 aliphatic heterocycles. The third-order valence-corrected chi connectivity index (χ3v) is 6.10. The van der Waals surface area contributed by atoms with Crippen LogP contribution in [0.5, 0.6) is 0 Å². The molecule has 0 heterocycles. The zero-order valence-corrected chi connectivity index (χ0v) is 19.1. The van der Waals surface area contributed by atoms with E-state index in [4.69, 9.17) is 0 Å². The molecule has 0 saturated heterocycles. The average molecular weight is 500 g/mol. The average Bonchev–Trinajstić information content (AvgIpc) is 2.95. The van der Waals surface area contributed by atoms with Gasteiger partial charge in [0.2, 0.25) is 5.82 Å². The van der Waals surface area contributed by atoms with E-state index in [1.165, 1.54) is 12.1 Å². The lowest BCUT2D eigenvalue weighted by molar-refractivity contribution is 0.103. The molecule has 182 valence electrons. The van der Waals surface area contributed by atoms with Gasteiger partial charge in [-0.25, -0.2) is 22.0 Å². The zero-order chi connectivity index (χ0) is 26.1. The SMILES string of the molecule is O=C(c1ccccc1)c1ccc(-c2cccc(-c3c(F)c(F)c(F)c(F)c3F)c2-c2ccccc2)cc1. The van der Waals surface area contributed by atoms with Crippen LogP contribution in [0, 0.1) is 29.1 Å². The number of halogens is 5. The predicted octanol–water partition coefficient (Wildman–Crippen LogP) is 8.61. The monoisotopic (exact) mass is 500 g/mol. The summed E-state index contributed by atoms with van der Waals surface area (Å²) in [5.74, 6) is -10.2. The minimum atomic E-state index is -2.21. The summed E-state index contributed by atoms with van der Waals surface area (Å²) >= 11 is 0. The summed E-state index contributed by atoms with van der Waals surface area (Å²) in [5.41, 5.74) is 1.69. The maximum atomic E-state index is 14.9. The van der Waals surface area contributed by atoms with Gasteiger partial charge in [0.15, 0.2) is 29.1 Å². The van der Waals surface area contributed by atoms with Crippen molar-refractivity contribution in [3.05, 3.63) is 143 Å². The number of hydrogen-bond donors (Lipinski definition) is 0. The molecular formula is C31H17F5O. The van der Waals surface area contributed by atoms with E-state index in [0.29, 0.717) is 27.8 Å². The third kappa shape index (κ3) is 4.31. The van der Waals surface area contributed by atoms with E-state index in [2.05, 4.69) is 0 Å². The van der Waals surface area contributed by atoms with Crippen molar-refractivity contribution in [2.45, 2.75) is 0 Å². The lowest BCUT2D eigenvalue weighted by Gasteiger charge is -2.18. The van der Waals surface area contributed by atoms with Crippen molar-refractivity contribution in [3.8, 4) is 33.4 Å². The van der Waals surface area contributed by atoms with E-state index >= 15 is 0 Å². The normalized spacial score (nSPS) is 10.9. The van der Waals surface area contributed by atoms with Gasteiger partial charge in [0.1, 0.15) is 0 Å². The highest BCUT2D eigenvalue weighted by molar-refractivity contribution is 6.09. The van der Waals surface area contributed by atoms with E-state index in [-0.39, 0.29) is 16.9 Å². The van der Waals surface area contributed by atoms with Gasteiger partial charge < -0.3 is 0 Å². The largest absolute Gasteiger partial charge is 0.289 e. The maximum Gasteiger partial charge on any atom is 0.200 e. The highest BCUT2D eigenvalue weighted by Crippen LogP contribution is 2.43. The second-order valence-corrected chi connectivity index (χ2v) is 8.31. The first-order chi connectivity index (χ1) is 17.9. The van der Waals surface area contributed by atoms with Crippen LogP contribution >= 0.6 is 0 Å². The molecule has 0 saturated carbocycles. The summed E-state index contributed by atoms with van der Waals surface area (Å²) in [7, 11) is 0. The van der Waals surface area contributed by atoms with Crippen LogP contribution in [-0.2, 0) is 0 Å². The summed E-state index contributed by atoms with van der Waals surface area (Å²) in [6.45, 7) is 0. The molecule has 6 heteroatoms. The molecular weight excluding hydrogens is 483 g/mol. The van der Waals surface area contributed by atoms with Crippen molar-refractivity contribution >= 4 is 5.78 Å². The molecule has 0 unspecified atom stereocenters. The molecule has 0 bridgehead atoms. The molecule has 5 aromatic carbocycles. The van der Waals surface area contributed by atoms with E-state index in [9.17, 15) is 26.7 Å². The number of carbonyl (C=O) groups excluding carboxylic acids is 1. The van der Waals surface area contributed by atoms with Crippen LogP contribution in [0.4, 0.5) is 22.0 Å². The fourth-order valence-electron chi connectivity index (χ4n) is 4.32. The predicted molar refractivity (Wildman–Crippen MR) is 132 cm³/mol. The van der Waals surface area contributed by atoms with Gasteiger partial charge >= 0.3 is 0 Å². The third-order valence-electron chi connectivity index (χ3n) is 6.10. The van der Waals surface area contributed by atoms with Gasteiger partial charge in [0.05, 0.1) is 5.56 Å². The molecule has 0 aromatic heterocycles. The van der Waals surface area contributed by atoms with Crippen molar-refractivity contribution in [2.75, 3.05) is 0 Å². The summed E-state index contributed by atoms with van der Waals surface area (Å²) in [6, 6.07) is 28.4. The Labute approximate surface area is 209 Å². The summed E-state index contributed by atoms with van der Waals surface area (Å²) in [4.78, 5) is 12.8. The smallest absolute Gasteiger partial charge is 0.200 e. The van der Waals surface area contributed by atoms with Crippen LogP contribution in [0.3, 0.4) is 0 Å². The first-order valence-electron chi connectivity index (χ1n) is 11.3. The molecule has 0 atom stereocenters. The second kappa shape index (κ2) is 9.82. The first-order valence-corrected chi connectivity index (χ1v) is 11.3. The van der Waals surface area contributed by atoms with Gasteiger partial charge in [-0.15, -0.1) is 0 Å². The Kier molecular flexibility index (Phi) is 6.40. The van der Waals surface area contributed by atoms with Crippen molar-refractivity contribution in [1.82, 2.24) is 0 Å². The van der Waals surface area contributed by atoms with Crippen LogP contribution in [0.15, 0.2) is 103 Å². The molecule has 0 fully saturated rings. The Morgan fingerprint density at radius 2 is 0.892 bits per heavy atom. The van der Waals surface area contributed by atoms with Crippen LogP contribution < -0.4 is 0 Å². The summed E-state index contributed by atoms with van der Waals surface area (Å²) in [5, 5.41) is 0. The zero-order valence-electron chi connectivity index (χ0n) is 19.1. The molecule has 1 nitrogen and oxygen atoms in total. The molecule has 37 heavy (non-hydrogen) atoms. The van der Waals surface area contributed by atoms with E-state index in [0.717, 1.165) is 0 Å². The summed E-state index contributed by atoms with van der Waals surface area (Å²) < 4.78 is 71.7. The highest BCUT2D eigenvalue weighted by atomic mass is 19.2. The Balaban J connectivity index is 1.71. The standard InChI is InChI=1S/C31H17F5O/c32-26-25(27(33)29(35)30(36)28(26)34)23-13-7-12-22(24(23)19-8-3-1-4-9-19)18-14-16-21(17-15-18)31(37)20-10-5-2-6-11-20/h1-17H. The number of carbonyl (C=O) groups is 1. The summed E-state index contributed by atoms with van der Waals surface area (Å²) in [6.07, 6.45) is 0. The van der Waals surface area contributed by atoms with E-state index < -0.39 is 34.6 Å². The molecule has 5 rings (SSSR count). The molecule has 0 radical (unpaired) electrons. The molecule has 0 N–H and O–H groups in total. The second-order valence-electron chi connectivity index (χ2n) is 8.31. The molecule has 0 aliphatic carbocycles. The van der Waals surface area contributed by atoms with Gasteiger partial charge in [-0.3, -0.25) is 4.79 Å². The number of benzene rings is 5. The molecule has 0 amide bonds. The lowest BCUT2D eigenvalue weighted by atomic mass is 9.86. The van der Waals surface area contributed by atoms with Gasteiger partial charge in [-0.1, -0.05) is 103 Å². The topological polar surface area (TPSA) is 17.1 Å². The minimum Gasteiger partial charge on any atom is -0.289 e. The number of ketones is 1. The highest BCUT2D eigenvalue weighted by Gasteiger charge is 2.29. The molecule has 0 aliphatic rings. The quantitative estimate of drug-likeness (QED) is 0.102. The Bertz CT molecular complexity index is 1580. The van der Waals surface area contributed by atoms with Gasteiger partial charge in [-0.05, 0) is 27.8 Å². The number of rotatable bonds is 5.